The summed E-state index contributed by atoms with van der Waals surface area (Å²) in [4.78, 5) is 17.6. The average Bonchev–Trinajstić information content (AvgIpc) is 3.56. The molecular formula is C27H25F4N5OS. The Morgan fingerprint density at radius 1 is 1.16 bits per heavy atom. The van der Waals surface area contributed by atoms with Gasteiger partial charge in [-0.2, -0.15) is 18.3 Å². The summed E-state index contributed by atoms with van der Waals surface area (Å²) in [6.07, 6.45) is -1.74. The van der Waals surface area contributed by atoms with E-state index in [4.69, 9.17) is 0 Å². The Hall–Kier alpha value is -3.60. The van der Waals surface area contributed by atoms with Crippen LogP contribution < -0.4 is 10.6 Å². The van der Waals surface area contributed by atoms with E-state index in [1.165, 1.54) is 17.8 Å². The van der Waals surface area contributed by atoms with Crippen LogP contribution in [0.15, 0.2) is 58.6 Å². The molecule has 0 aliphatic heterocycles. The van der Waals surface area contributed by atoms with Gasteiger partial charge in [-0.3, -0.25) is 4.79 Å². The van der Waals surface area contributed by atoms with Gasteiger partial charge in [0.25, 0.3) is 5.91 Å². The maximum absolute atomic E-state index is 14.1. The van der Waals surface area contributed by atoms with E-state index in [9.17, 15) is 22.4 Å². The van der Waals surface area contributed by atoms with Crippen molar-refractivity contribution in [1.82, 2.24) is 19.9 Å². The normalized spacial score (nSPS) is 13.6. The molecule has 2 heterocycles. The number of halogens is 4. The number of anilines is 1. The lowest BCUT2D eigenvalue weighted by atomic mass is 10.0. The van der Waals surface area contributed by atoms with Gasteiger partial charge in [-0.1, -0.05) is 23.9 Å². The summed E-state index contributed by atoms with van der Waals surface area (Å²) in [5, 5.41) is 11.0. The quantitative estimate of drug-likeness (QED) is 0.246. The molecule has 0 spiro atoms. The summed E-state index contributed by atoms with van der Waals surface area (Å²) in [6.45, 7) is 3.17. The lowest BCUT2D eigenvalue weighted by Gasteiger charge is -2.13. The van der Waals surface area contributed by atoms with E-state index in [1.54, 1.807) is 48.0 Å². The highest BCUT2D eigenvalue weighted by Gasteiger charge is 2.27. The Bertz CT molecular complexity index is 1510. The third kappa shape index (κ3) is 5.77. The molecule has 198 valence electrons. The Morgan fingerprint density at radius 3 is 2.66 bits per heavy atom. The zero-order valence-corrected chi connectivity index (χ0v) is 21.5. The van der Waals surface area contributed by atoms with Crippen molar-refractivity contribution < 1.29 is 22.4 Å². The standard InChI is InChI=1S/C27H25F4N5OS/c1-15-12-17(6-9-19(15)26(37)34-18-7-8-18)22-14-33-25-21(32-11-10-27(29,30)31)13-24(35-36(22)25)38-23-5-3-4-20(28)16(23)2/h3-6,9,12-14,18,32H,7-8,10-11H2,1-2H3,(H,34,37). The van der Waals surface area contributed by atoms with E-state index < -0.39 is 12.6 Å². The van der Waals surface area contributed by atoms with Gasteiger partial charge < -0.3 is 10.6 Å². The van der Waals surface area contributed by atoms with Crippen LogP contribution in [0, 0.1) is 19.7 Å². The van der Waals surface area contributed by atoms with Gasteiger partial charge in [0.15, 0.2) is 5.65 Å². The number of nitrogens with zero attached hydrogens (tertiary/aromatic N) is 3. The maximum Gasteiger partial charge on any atom is 0.390 e. The highest BCUT2D eigenvalue weighted by atomic mass is 32.2. The van der Waals surface area contributed by atoms with E-state index in [2.05, 4.69) is 20.7 Å². The monoisotopic (exact) mass is 543 g/mol. The highest BCUT2D eigenvalue weighted by Crippen LogP contribution is 2.34. The van der Waals surface area contributed by atoms with E-state index in [0.29, 0.717) is 38.1 Å². The summed E-state index contributed by atoms with van der Waals surface area (Å²) < 4.78 is 54.1. The first-order chi connectivity index (χ1) is 18.1. The van der Waals surface area contributed by atoms with Gasteiger partial charge in [-0.25, -0.2) is 13.9 Å². The molecule has 6 nitrogen and oxygen atoms in total. The first-order valence-corrected chi connectivity index (χ1v) is 12.9. The summed E-state index contributed by atoms with van der Waals surface area (Å²) in [5.41, 5.74) is 3.90. The Labute approximate surface area is 220 Å². The lowest BCUT2D eigenvalue weighted by molar-refractivity contribution is -0.131. The summed E-state index contributed by atoms with van der Waals surface area (Å²) in [7, 11) is 0. The number of fused-ring (bicyclic) bond motifs is 1. The molecule has 1 aliphatic carbocycles. The van der Waals surface area contributed by atoms with Crippen molar-refractivity contribution in [2.75, 3.05) is 11.9 Å². The van der Waals surface area contributed by atoms with Crippen LogP contribution in [0.4, 0.5) is 23.2 Å². The largest absolute Gasteiger partial charge is 0.390 e. The fourth-order valence-electron chi connectivity index (χ4n) is 4.04. The smallest absolute Gasteiger partial charge is 0.382 e. The number of carbonyl (C=O) groups is 1. The molecule has 0 unspecified atom stereocenters. The summed E-state index contributed by atoms with van der Waals surface area (Å²) >= 11 is 1.21. The number of aromatic nitrogens is 3. The third-order valence-corrected chi connectivity index (χ3v) is 7.35. The van der Waals surface area contributed by atoms with E-state index >= 15 is 0 Å². The fourth-order valence-corrected chi connectivity index (χ4v) is 4.96. The second kappa shape index (κ2) is 10.3. The first-order valence-electron chi connectivity index (χ1n) is 12.1. The minimum Gasteiger partial charge on any atom is -0.382 e. The third-order valence-electron chi connectivity index (χ3n) is 6.28. The number of hydrogen-bond donors (Lipinski definition) is 2. The Morgan fingerprint density at radius 2 is 1.95 bits per heavy atom. The number of benzene rings is 2. The topological polar surface area (TPSA) is 71.3 Å². The fraction of sp³-hybridized carbons (Fsp3) is 0.296. The van der Waals surface area contributed by atoms with Crippen LogP contribution in [0.5, 0.6) is 0 Å². The van der Waals surface area contributed by atoms with Crippen LogP contribution in [0.3, 0.4) is 0 Å². The highest BCUT2D eigenvalue weighted by molar-refractivity contribution is 7.99. The number of carbonyl (C=O) groups excluding carboxylic acids is 1. The molecule has 5 rings (SSSR count). The van der Waals surface area contributed by atoms with Gasteiger partial charge in [-0.15, -0.1) is 0 Å². The van der Waals surface area contributed by atoms with Crippen LogP contribution in [-0.2, 0) is 0 Å². The number of rotatable bonds is 8. The summed E-state index contributed by atoms with van der Waals surface area (Å²) in [5.74, 6) is -0.475. The van der Waals surface area contributed by atoms with Crippen molar-refractivity contribution in [2.24, 2.45) is 0 Å². The van der Waals surface area contributed by atoms with Crippen molar-refractivity contribution in [3.63, 3.8) is 0 Å². The van der Waals surface area contributed by atoms with Crippen molar-refractivity contribution >= 4 is 29.0 Å². The van der Waals surface area contributed by atoms with Crippen LogP contribution in [0.1, 0.15) is 40.7 Å². The first kappa shape index (κ1) is 26.0. The molecule has 4 aromatic rings. The van der Waals surface area contributed by atoms with E-state index in [0.717, 1.165) is 24.0 Å². The van der Waals surface area contributed by atoms with Gasteiger partial charge >= 0.3 is 6.18 Å². The number of alkyl halides is 3. The molecule has 2 aromatic carbocycles. The second-order valence-corrected chi connectivity index (χ2v) is 10.4. The minimum atomic E-state index is -4.31. The number of imidazole rings is 1. The van der Waals surface area contributed by atoms with Crippen LogP contribution in [-0.4, -0.2) is 39.3 Å². The molecule has 2 N–H and O–H groups in total. The van der Waals surface area contributed by atoms with Crippen molar-refractivity contribution in [3.8, 4) is 11.3 Å². The average molecular weight is 544 g/mol. The molecule has 11 heteroatoms. The second-order valence-electron chi connectivity index (χ2n) is 9.31. The molecule has 0 bridgehead atoms. The number of nitrogens with one attached hydrogen (secondary N) is 2. The molecule has 1 amide bonds. The van der Waals surface area contributed by atoms with Crippen LogP contribution in [0.2, 0.25) is 0 Å². The molecular weight excluding hydrogens is 518 g/mol. The predicted octanol–water partition coefficient (Wildman–Crippen LogP) is 6.56. The number of amides is 1. The van der Waals surface area contributed by atoms with Gasteiger partial charge in [0.2, 0.25) is 0 Å². The number of aryl methyl sites for hydroxylation is 1. The lowest BCUT2D eigenvalue weighted by Crippen LogP contribution is -2.26. The predicted molar refractivity (Wildman–Crippen MR) is 138 cm³/mol. The molecule has 0 atom stereocenters. The summed E-state index contributed by atoms with van der Waals surface area (Å²) in [6, 6.07) is 12.0. The zero-order chi connectivity index (χ0) is 27.0. The SMILES string of the molecule is Cc1cc(-c2cnc3c(NCCC(F)(F)F)cc(Sc4cccc(F)c4C)nn23)ccc1C(=O)NC1CC1. The maximum atomic E-state index is 14.1. The molecule has 1 saturated carbocycles. The van der Waals surface area contributed by atoms with Gasteiger partial charge in [0, 0.05) is 28.6 Å². The van der Waals surface area contributed by atoms with Crippen molar-refractivity contribution in [2.45, 2.75) is 55.2 Å². The Balaban J connectivity index is 1.53. The zero-order valence-electron chi connectivity index (χ0n) is 20.7. The van der Waals surface area contributed by atoms with Crippen molar-refractivity contribution in [3.05, 3.63) is 71.2 Å². The molecule has 2 aromatic heterocycles. The van der Waals surface area contributed by atoms with Crippen molar-refractivity contribution in [1.29, 1.82) is 0 Å². The van der Waals surface area contributed by atoms with Gasteiger partial charge in [-0.05, 0) is 68.1 Å². The molecule has 1 aliphatic rings. The Kier molecular flexibility index (Phi) is 7.04. The van der Waals surface area contributed by atoms with Gasteiger partial charge in [0.05, 0.1) is 24.0 Å². The van der Waals surface area contributed by atoms with E-state index in [-0.39, 0.29) is 24.3 Å². The minimum absolute atomic E-state index is 0.117. The molecule has 0 saturated heterocycles. The molecule has 38 heavy (non-hydrogen) atoms. The van der Waals surface area contributed by atoms with Crippen LogP contribution in [0.25, 0.3) is 16.9 Å². The van der Waals surface area contributed by atoms with Gasteiger partial charge in [0.1, 0.15) is 10.8 Å². The molecule has 1 fully saturated rings. The van der Waals surface area contributed by atoms with Crippen LogP contribution >= 0.6 is 11.8 Å². The molecule has 0 radical (unpaired) electrons. The number of hydrogen-bond acceptors (Lipinski definition) is 5. The van der Waals surface area contributed by atoms with E-state index in [1.807, 2.05) is 13.0 Å².